The van der Waals surface area contributed by atoms with E-state index in [1.165, 1.54) is 0 Å². The molecular formula is C10H7F3O2. The molecule has 0 saturated heterocycles. The lowest BCUT2D eigenvalue weighted by molar-refractivity contribution is -0.132. The van der Waals surface area contributed by atoms with Gasteiger partial charge in [0.2, 0.25) is 0 Å². The Kier molecular flexibility index (Phi) is 3.14. The number of hydrogen-bond donors (Lipinski definition) is 1. The number of benzene rings is 1. The zero-order chi connectivity index (χ0) is 11.6. The summed E-state index contributed by atoms with van der Waals surface area (Å²) in [6, 6.07) is 1.37. The minimum atomic E-state index is -1.39. The van der Waals surface area contributed by atoms with Crippen LogP contribution in [0.15, 0.2) is 17.7 Å². The first kappa shape index (κ1) is 11.3. The zero-order valence-electron chi connectivity index (χ0n) is 7.72. The Bertz CT molecular complexity index is 439. The van der Waals surface area contributed by atoms with Gasteiger partial charge < -0.3 is 5.11 Å². The molecule has 0 aliphatic carbocycles. The van der Waals surface area contributed by atoms with Crippen LogP contribution in [-0.4, -0.2) is 11.1 Å². The average molecular weight is 216 g/mol. The van der Waals surface area contributed by atoms with Crippen LogP contribution in [0.1, 0.15) is 12.5 Å². The van der Waals surface area contributed by atoms with Gasteiger partial charge in [0.05, 0.1) is 0 Å². The molecule has 0 fully saturated rings. The summed E-state index contributed by atoms with van der Waals surface area (Å²) in [6.07, 6.45) is 0.746. The van der Waals surface area contributed by atoms with Gasteiger partial charge in [-0.1, -0.05) is 0 Å². The largest absolute Gasteiger partial charge is 0.478 e. The molecule has 5 heteroatoms. The topological polar surface area (TPSA) is 37.3 Å². The van der Waals surface area contributed by atoms with Crippen LogP contribution < -0.4 is 0 Å². The van der Waals surface area contributed by atoms with Crippen molar-refractivity contribution in [3.63, 3.8) is 0 Å². The summed E-state index contributed by atoms with van der Waals surface area (Å²) < 4.78 is 38.7. The third kappa shape index (κ3) is 2.37. The van der Waals surface area contributed by atoms with E-state index in [1.807, 2.05) is 0 Å². The van der Waals surface area contributed by atoms with E-state index in [1.54, 1.807) is 0 Å². The van der Waals surface area contributed by atoms with E-state index in [-0.39, 0.29) is 5.57 Å². The Morgan fingerprint density at radius 2 is 1.80 bits per heavy atom. The standard InChI is InChI=1S/C10H7F3O2/c1-5(10(14)15)4-6-7(11)2-3-8(12)9(6)13/h2-4H,1H3,(H,14,15)/b5-4+. The molecule has 0 bridgehead atoms. The predicted molar refractivity (Wildman–Crippen MR) is 47.6 cm³/mol. The fraction of sp³-hybridized carbons (Fsp3) is 0.100. The van der Waals surface area contributed by atoms with E-state index in [2.05, 4.69) is 0 Å². The van der Waals surface area contributed by atoms with Gasteiger partial charge in [-0.15, -0.1) is 0 Å². The minimum Gasteiger partial charge on any atom is -0.478 e. The highest BCUT2D eigenvalue weighted by Crippen LogP contribution is 2.18. The fourth-order valence-corrected chi connectivity index (χ4v) is 0.953. The van der Waals surface area contributed by atoms with Crippen LogP contribution in [0, 0.1) is 17.5 Å². The van der Waals surface area contributed by atoms with Crippen molar-refractivity contribution in [2.45, 2.75) is 6.92 Å². The molecule has 0 aliphatic heterocycles. The lowest BCUT2D eigenvalue weighted by Gasteiger charge is -2.01. The van der Waals surface area contributed by atoms with Crippen molar-refractivity contribution in [3.8, 4) is 0 Å². The molecule has 0 aromatic heterocycles. The Morgan fingerprint density at radius 3 is 2.33 bits per heavy atom. The van der Waals surface area contributed by atoms with Crippen LogP contribution in [0.5, 0.6) is 0 Å². The summed E-state index contributed by atoms with van der Waals surface area (Å²) in [7, 11) is 0. The number of carboxylic acids is 1. The zero-order valence-corrected chi connectivity index (χ0v) is 7.72. The van der Waals surface area contributed by atoms with Crippen LogP contribution in [0.2, 0.25) is 0 Å². The molecule has 0 unspecified atom stereocenters. The van der Waals surface area contributed by atoms with Crippen LogP contribution in [0.4, 0.5) is 13.2 Å². The average Bonchev–Trinajstić information content (AvgIpc) is 2.18. The molecule has 15 heavy (non-hydrogen) atoms. The molecule has 0 saturated carbocycles. The number of rotatable bonds is 2. The highest BCUT2D eigenvalue weighted by molar-refractivity contribution is 5.91. The summed E-state index contributed by atoms with van der Waals surface area (Å²) in [4.78, 5) is 10.4. The van der Waals surface area contributed by atoms with E-state index in [0.29, 0.717) is 6.07 Å². The normalized spacial score (nSPS) is 11.6. The number of carboxylic acid groups (broad SMARTS) is 1. The van der Waals surface area contributed by atoms with Crippen molar-refractivity contribution in [1.29, 1.82) is 0 Å². The molecule has 1 aromatic carbocycles. The Balaban J connectivity index is 3.32. The smallest absolute Gasteiger partial charge is 0.331 e. The van der Waals surface area contributed by atoms with Gasteiger partial charge in [0, 0.05) is 11.1 Å². The monoisotopic (exact) mass is 216 g/mol. The first-order valence-corrected chi connectivity index (χ1v) is 3.98. The maximum absolute atomic E-state index is 13.0. The second-order valence-electron chi connectivity index (χ2n) is 2.89. The summed E-state index contributed by atoms with van der Waals surface area (Å²) in [5, 5.41) is 8.49. The number of carbonyl (C=O) groups is 1. The lowest BCUT2D eigenvalue weighted by Crippen LogP contribution is -1.99. The summed E-state index contributed by atoms with van der Waals surface area (Å²) in [5.41, 5.74) is -0.965. The van der Waals surface area contributed by atoms with Gasteiger partial charge in [-0.3, -0.25) is 0 Å². The van der Waals surface area contributed by atoms with Crippen molar-refractivity contribution >= 4 is 12.0 Å². The van der Waals surface area contributed by atoms with Gasteiger partial charge in [-0.05, 0) is 25.1 Å². The van der Waals surface area contributed by atoms with E-state index in [4.69, 9.17) is 5.11 Å². The fourth-order valence-electron chi connectivity index (χ4n) is 0.953. The third-order valence-corrected chi connectivity index (χ3v) is 1.78. The first-order chi connectivity index (χ1) is 6.93. The summed E-state index contributed by atoms with van der Waals surface area (Å²) >= 11 is 0. The molecule has 0 spiro atoms. The summed E-state index contributed by atoms with van der Waals surface area (Å²) in [6.45, 7) is 1.16. The van der Waals surface area contributed by atoms with Gasteiger partial charge in [-0.2, -0.15) is 0 Å². The quantitative estimate of drug-likeness (QED) is 0.609. The molecule has 0 atom stereocenters. The molecule has 0 heterocycles. The van der Waals surface area contributed by atoms with Crippen LogP contribution in [-0.2, 0) is 4.79 Å². The van der Waals surface area contributed by atoms with E-state index in [9.17, 15) is 18.0 Å². The second-order valence-corrected chi connectivity index (χ2v) is 2.89. The minimum absolute atomic E-state index is 0.279. The van der Waals surface area contributed by atoms with E-state index in [0.717, 1.165) is 19.1 Å². The molecule has 80 valence electrons. The number of aliphatic carboxylic acids is 1. The summed E-state index contributed by atoms with van der Waals surface area (Å²) in [5.74, 6) is -4.94. The number of hydrogen-bond acceptors (Lipinski definition) is 1. The maximum Gasteiger partial charge on any atom is 0.331 e. The maximum atomic E-state index is 13.0. The van der Waals surface area contributed by atoms with Crippen molar-refractivity contribution in [3.05, 3.63) is 40.7 Å². The number of halogens is 3. The Labute approximate surface area is 83.7 Å². The highest BCUT2D eigenvalue weighted by Gasteiger charge is 2.13. The van der Waals surface area contributed by atoms with Crippen LogP contribution in [0.3, 0.4) is 0 Å². The van der Waals surface area contributed by atoms with Crippen LogP contribution >= 0.6 is 0 Å². The van der Waals surface area contributed by atoms with Gasteiger partial charge in [-0.25, -0.2) is 18.0 Å². The SMILES string of the molecule is C/C(=C\c1c(F)ccc(F)c1F)C(=O)O. The molecule has 2 nitrogen and oxygen atoms in total. The molecule has 1 aromatic rings. The van der Waals surface area contributed by atoms with Crippen molar-refractivity contribution in [2.75, 3.05) is 0 Å². The van der Waals surface area contributed by atoms with Crippen molar-refractivity contribution in [1.82, 2.24) is 0 Å². The molecule has 0 aliphatic rings. The van der Waals surface area contributed by atoms with Gasteiger partial charge in [0.1, 0.15) is 5.82 Å². The lowest BCUT2D eigenvalue weighted by atomic mass is 10.1. The van der Waals surface area contributed by atoms with Crippen LogP contribution in [0.25, 0.3) is 6.08 Å². The predicted octanol–water partition coefficient (Wildman–Crippen LogP) is 2.59. The third-order valence-electron chi connectivity index (χ3n) is 1.78. The van der Waals surface area contributed by atoms with E-state index < -0.39 is 29.0 Å². The molecular weight excluding hydrogens is 209 g/mol. The van der Waals surface area contributed by atoms with Gasteiger partial charge in [0.15, 0.2) is 11.6 Å². The molecule has 0 amide bonds. The molecule has 0 radical (unpaired) electrons. The molecule has 1 N–H and O–H groups in total. The Hall–Kier alpha value is -1.78. The van der Waals surface area contributed by atoms with Crippen molar-refractivity contribution in [2.24, 2.45) is 0 Å². The van der Waals surface area contributed by atoms with Gasteiger partial charge in [0.25, 0.3) is 0 Å². The highest BCUT2D eigenvalue weighted by atomic mass is 19.2. The molecule has 1 rings (SSSR count). The van der Waals surface area contributed by atoms with E-state index >= 15 is 0 Å². The Morgan fingerprint density at radius 1 is 1.27 bits per heavy atom. The first-order valence-electron chi connectivity index (χ1n) is 3.98. The van der Waals surface area contributed by atoms with Gasteiger partial charge >= 0.3 is 5.97 Å². The second kappa shape index (κ2) is 4.16. The van der Waals surface area contributed by atoms with Crippen molar-refractivity contribution < 1.29 is 23.1 Å².